The smallest absolute Gasteiger partial charge is 0.242 e. The van der Waals surface area contributed by atoms with Gasteiger partial charge in [-0.2, -0.15) is 0 Å². The topological polar surface area (TPSA) is 40.6 Å². The number of carbonyl (C=O) groups excluding carboxylic acids is 2. The summed E-state index contributed by atoms with van der Waals surface area (Å²) in [5.74, 6) is 0.385. The van der Waals surface area contributed by atoms with Gasteiger partial charge in [0.05, 0.1) is 6.54 Å². The molecule has 1 aliphatic carbocycles. The SMILES string of the molecule is CCCN1CCCN(C(=O)[C@H]2C[C@H]2c2ccccc2Cl)CC1=O. The van der Waals surface area contributed by atoms with Gasteiger partial charge in [0.1, 0.15) is 0 Å². The average molecular weight is 335 g/mol. The van der Waals surface area contributed by atoms with Gasteiger partial charge in [-0.05, 0) is 36.8 Å². The molecule has 3 rings (SSSR count). The van der Waals surface area contributed by atoms with Crippen LogP contribution < -0.4 is 0 Å². The van der Waals surface area contributed by atoms with Gasteiger partial charge in [0.2, 0.25) is 11.8 Å². The van der Waals surface area contributed by atoms with Crippen molar-refractivity contribution in [2.24, 2.45) is 5.92 Å². The highest BCUT2D eigenvalue weighted by Gasteiger charge is 2.47. The molecule has 2 fully saturated rings. The summed E-state index contributed by atoms with van der Waals surface area (Å²) < 4.78 is 0. The number of rotatable bonds is 4. The zero-order valence-corrected chi connectivity index (χ0v) is 14.3. The molecule has 0 spiro atoms. The molecule has 1 aromatic carbocycles. The molecule has 5 heteroatoms. The lowest BCUT2D eigenvalue weighted by Gasteiger charge is -2.21. The van der Waals surface area contributed by atoms with E-state index in [1.54, 1.807) is 4.90 Å². The van der Waals surface area contributed by atoms with Gasteiger partial charge < -0.3 is 9.80 Å². The van der Waals surface area contributed by atoms with Gasteiger partial charge in [0.15, 0.2) is 0 Å². The van der Waals surface area contributed by atoms with Crippen LogP contribution in [0.3, 0.4) is 0 Å². The van der Waals surface area contributed by atoms with Crippen LogP contribution in [0.5, 0.6) is 0 Å². The third-order valence-electron chi connectivity index (χ3n) is 4.75. The number of amides is 2. The number of carbonyl (C=O) groups is 2. The van der Waals surface area contributed by atoms with Crippen molar-refractivity contribution in [3.8, 4) is 0 Å². The Morgan fingerprint density at radius 1 is 1.30 bits per heavy atom. The Labute approximate surface area is 142 Å². The van der Waals surface area contributed by atoms with E-state index in [0.717, 1.165) is 42.9 Å². The second-order valence-corrected chi connectivity index (χ2v) is 6.87. The van der Waals surface area contributed by atoms with Crippen molar-refractivity contribution < 1.29 is 9.59 Å². The van der Waals surface area contributed by atoms with Crippen LogP contribution in [0.15, 0.2) is 24.3 Å². The quantitative estimate of drug-likeness (QED) is 0.849. The molecule has 1 saturated carbocycles. The van der Waals surface area contributed by atoms with Crippen molar-refractivity contribution in [2.75, 3.05) is 26.2 Å². The molecule has 2 atom stereocenters. The van der Waals surface area contributed by atoms with Crippen LogP contribution in [0.4, 0.5) is 0 Å². The Morgan fingerprint density at radius 2 is 2.09 bits per heavy atom. The van der Waals surface area contributed by atoms with Crippen molar-refractivity contribution in [1.29, 1.82) is 0 Å². The lowest BCUT2D eigenvalue weighted by molar-refractivity contribution is -0.139. The fraction of sp³-hybridized carbons (Fsp3) is 0.556. The zero-order valence-electron chi connectivity index (χ0n) is 13.5. The second-order valence-electron chi connectivity index (χ2n) is 6.46. The first-order valence-corrected chi connectivity index (χ1v) is 8.80. The molecule has 0 N–H and O–H groups in total. The van der Waals surface area contributed by atoms with Crippen molar-refractivity contribution in [3.05, 3.63) is 34.9 Å². The molecular formula is C18H23ClN2O2. The number of nitrogens with zero attached hydrogens (tertiary/aromatic N) is 2. The maximum Gasteiger partial charge on any atom is 0.242 e. The fourth-order valence-electron chi connectivity index (χ4n) is 3.44. The summed E-state index contributed by atoms with van der Waals surface area (Å²) in [6.07, 6.45) is 2.66. The molecular weight excluding hydrogens is 312 g/mol. The second kappa shape index (κ2) is 6.91. The van der Waals surface area contributed by atoms with E-state index in [-0.39, 0.29) is 30.2 Å². The molecule has 0 radical (unpaired) electrons. The standard InChI is InChI=1S/C18H23ClN2O2/c1-2-8-20-9-5-10-21(12-17(20)22)18(23)15-11-14(15)13-6-3-4-7-16(13)19/h3-4,6-7,14-15H,2,5,8-12H2,1H3/t14-,15-/m0/s1. The molecule has 0 aromatic heterocycles. The third kappa shape index (κ3) is 3.52. The highest BCUT2D eigenvalue weighted by atomic mass is 35.5. The molecule has 2 aliphatic rings. The molecule has 1 aliphatic heterocycles. The van der Waals surface area contributed by atoms with Crippen LogP contribution in [0.2, 0.25) is 5.02 Å². The highest BCUT2D eigenvalue weighted by Crippen LogP contribution is 2.50. The Bertz CT molecular complexity index is 604. The van der Waals surface area contributed by atoms with Crippen LogP contribution in [0.25, 0.3) is 0 Å². The Hall–Kier alpha value is -1.55. The number of benzene rings is 1. The molecule has 4 nitrogen and oxygen atoms in total. The van der Waals surface area contributed by atoms with E-state index in [4.69, 9.17) is 11.6 Å². The molecule has 124 valence electrons. The summed E-state index contributed by atoms with van der Waals surface area (Å²) in [5.41, 5.74) is 1.06. The summed E-state index contributed by atoms with van der Waals surface area (Å²) in [6, 6.07) is 7.73. The maximum absolute atomic E-state index is 12.7. The number of hydrogen-bond donors (Lipinski definition) is 0. The van der Waals surface area contributed by atoms with Gasteiger partial charge >= 0.3 is 0 Å². The normalized spacial score (nSPS) is 24.5. The van der Waals surface area contributed by atoms with Crippen molar-refractivity contribution >= 4 is 23.4 Å². The first kappa shape index (κ1) is 16.3. The predicted octanol–water partition coefficient (Wildman–Crippen LogP) is 2.91. The summed E-state index contributed by atoms with van der Waals surface area (Å²) in [5, 5.41) is 0.730. The Kier molecular flexibility index (Phi) is 4.90. The lowest BCUT2D eigenvalue weighted by atomic mass is 10.1. The maximum atomic E-state index is 12.7. The Balaban J connectivity index is 1.63. The number of hydrogen-bond acceptors (Lipinski definition) is 2. The minimum absolute atomic E-state index is 0.0135. The molecule has 1 saturated heterocycles. The zero-order chi connectivity index (χ0) is 16.4. The lowest BCUT2D eigenvalue weighted by Crippen LogP contribution is -2.40. The van der Waals surface area contributed by atoms with Gasteiger partial charge in [0, 0.05) is 30.6 Å². The molecule has 2 amide bonds. The Morgan fingerprint density at radius 3 is 2.83 bits per heavy atom. The predicted molar refractivity (Wildman–Crippen MR) is 90.4 cm³/mol. The fourth-order valence-corrected chi connectivity index (χ4v) is 3.71. The van der Waals surface area contributed by atoms with E-state index in [9.17, 15) is 9.59 Å². The van der Waals surface area contributed by atoms with Crippen molar-refractivity contribution in [2.45, 2.75) is 32.1 Å². The monoisotopic (exact) mass is 334 g/mol. The van der Waals surface area contributed by atoms with Gasteiger partial charge in [-0.1, -0.05) is 36.7 Å². The van der Waals surface area contributed by atoms with E-state index in [2.05, 4.69) is 6.92 Å². The molecule has 1 heterocycles. The van der Waals surface area contributed by atoms with Crippen LogP contribution in [-0.2, 0) is 9.59 Å². The van der Waals surface area contributed by atoms with Crippen LogP contribution in [0, 0.1) is 5.92 Å². The van der Waals surface area contributed by atoms with E-state index in [1.807, 2.05) is 29.2 Å². The molecule has 1 aromatic rings. The molecule has 0 bridgehead atoms. The first-order chi connectivity index (χ1) is 11.1. The highest BCUT2D eigenvalue weighted by molar-refractivity contribution is 6.31. The summed E-state index contributed by atoms with van der Waals surface area (Å²) >= 11 is 6.23. The summed E-state index contributed by atoms with van der Waals surface area (Å²) in [7, 11) is 0. The van der Waals surface area contributed by atoms with Crippen LogP contribution in [0.1, 0.15) is 37.7 Å². The van der Waals surface area contributed by atoms with E-state index in [1.165, 1.54) is 0 Å². The molecule has 0 unspecified atom stereocenters. The average Bonchev–Trinajstić information content (AvgIpc) is 3.34. The van der Waals surface area contributed by atoms with Gasteiger partial charge in [-0.15, -0.1) is 0 Å². The minimum Gasteiger partial charge on any atom is -0.341 e. The van der Waals surface area contributed by atoms with Crippen LogP contribution in [-0.4, -0.2) is 47.8 Å². The van der Waals surface area contributed by atoms with Crippen molar-refractivity contribution in [1.82, 2.24) is 9.80 Å². The minimum atomic E-state index is -0.0135. The largest absolute Gasteiger partial charge is 0.341 e. The van der Waals surface area contributed by atoms with Crippen LogP contribution >= 0.6 is 11.6 Å². The number of halogens is 1. The van der Waals surface area contributed by atoms with E-state index >= 15 is 0 Å². The molecule has 23 heavy (non-hydrogen) atoms. The summed E-state index contributed by atoms with van der Waals surface area (Å²) in [6.45, 7) is 4.52. The van der Waals surface area contributed by atoms with Gasteiger partial charge in [-0.25, -0.2) is 0 Å². The first-order valence-electron chi connectivity index (χ1n) is 8.42. The summed E-state index contributed by atoms with van der Waals surface area (Å²) in [4.78, 5) is 28.6. The third-order valence-corrected chi connectivity index (χ3v) is 5.10. The van der Waals surface area contributed by atoms with Gasteiger partial charge in [-0.3, -0.25) is 9.59 Å². The van der Waals surface area contributed by atoms with Gasteiger partial charge in [0.25, 0.3) is 0 Å². The van der Waals surface area contributed by atoms with E-state index in [0.29, 0.717) is 6.54 Å². The van der Waals surface area contributed by atoms with Crippen molar-refractivity contribution in [3.63, 3.8) is 0 Å². The van der Waals surface area contributed by atoms with E-state index < -0.39 is 0 Å².